The highest BCUT2D eigenvalue weighted by Crippen LogP contribution is 2.28. The molecule has 0 unspecified atom stereocenters. The van der Waals surface area contributed by atoms with E-state index in [0.29, 0.717) is 10.6 Å². The fraction of sp³-hybridized carbons (Fsp3) is 0.0625. The second kappa shape index (κ2) is 6.13. The standard InChI is InChI=1S/C16H11FN2O3S/c1-9-18-19-15(23-9)11-4-7-14(13(17)8-11)22-16(21)10-2-5-12(20)6-3-10/h2-8,20H,1H3. The Hall–Kier alpha value is -2.80. The van der Waals surface area contributed by atoms with Gasteiger partial charge in [0.05, 0.1) is 5.56 Å². The largest absolute Gasteiger partial charge is 0.508 e. The lowest BCUT2D eigenvalue weighted by molar-refractivity contribution is 0.0728. The van der Waals surface area contributed by atoms with E-state index >= 15 is 0 Å². The summed E-state index contributed by atoms with van der Waals surface area (Å²) in [6.45, 7) is 1.81. The van der Waals surface area contributed by atoms with E-state index in [-0.39, 0.29) is 17.1 Å². The van der Waals surface area contributed by atoms with Crippen LogP contribution in [0.4, 0.5) is 4.39 Å². The molecule has 1 heterocycles. The van der Waals surface area contributed by atoms with Crippen LogP contribution in [0.2, 0.25) is 0 Å². The number of hydrogen-bond donors (Lipinski definition) is 1. The number of phenols is 1. The van der Waals surface area contributed by atoms with E-state index < -0.39 is 11.8 Å². The summed E-state index contributed by atoms with van der Waals surface area (Å²) in [4.78, 5) is 11.9. The lowest BCUT2D eigenvalue weighted by Gasteiger charge is -2.06. The van der Waals surface area contributed by atoms with E-state index in [1.54, 1.807) is 6.07 Å². The van der Waals surface area contributed by atoms with E-state index in [1.807, 2.05) is 6.92 Å². The number of aromatic nitrogens is 2. The summed E-state index contributed by atoms with van der Waals surface area (Å²) in [5.74, 6) is -1.51. The van der Waals surface area contributed by atoms with Gasteiger partial charge in [0.25, 0.3) is 0 Å². The molecule has 116 valence electrons. The molecule has 0 amide bonds. The van der Waals surface area contributed by atoms with E-state index in [9.17, 15) is 14.3 Å². The minimum absolute atomic E-state index is 0.0319. The summed E-state index contributed by atoms with van der Waals surface area (Å²) in [5, 5.41) is 18.4. The van der Waals surface area contributed by atoms with E-state index in [4.69, 9.17) is 4.74 Å². The third kappa shape index (κ3) is 3.35. The zero-order valence-electron chi connectivity index (χ0n) is 12.0. The number of ether oxygens (including phenoxy) is 1. The number of nitrogens with zero attached hydrogens (tertiary/aromatic N) is 2. The molecule has 0 aliphatic carbocycles. The van der Waals surface area contributed by atoms with Gasteiger partial charge in [-0.25, -0.2) is 9.18 Å². The smallest absolute Gasteiger partial charge is 0.343 e. The molecule has 0 atom stereocenters. The van der Waals surface area contributed by atoms with Crippen molar-refractivity contribution in [2.24, 2.45) is 0 Å². The summed E-state index contributed by atoms with van der Waals surface area (Å²) in [6, 6.07) is 9.74. The number of benzene rings is 2. The molecular weight excluding hydrogens is 319 g/mol. The van der Waals surface area contributed by atoms with Crippen LogP contribution in [-0.2, 0) is 0 Å². The van der Waals surface area contributed by atoms with E-state index in [2.05, 4.69) is 10.2 Å². The number of carbonyl (C=O) groups excluding carboxylic acids is 1. The number of carbonyl (C=O) groups is 1. The number of esters is 1. The summed E-state index contributed by atoms with van der Waals surface area (Å²) in [7, 11) is 0. The van der Waals surface area contributed by atoms with Crippen LogP contribution in [0.3, 0.4) is 0 Å². The average Bonchev–Trinajstić information content (AvgIpc) is 2.96. The highest BCUT2D eigenvalue weighted by atomic mass is 32.1. The van der Waals surface area contributed by atoms with Crippen LogP contribution < -0.4 is 4.74 Å². The third-order valence-corrected chi connectivity index (χ3v) is 3.90. The van der Waals surface area contributed by atoms with Crippen molar-refractivity contribution >= 4 is 17.3 Å². The zero-order valence-corrected chi connectivity index (χ0v) is 12.8. The molecule has 3 rings (SSSR count). The number of halogens is 1. The Balaban J connectivity index is 1.81. The van der Waals surface area contributed by atoms with Gasteiger partial charge in [0.2, 0.25) is 0 Å². The van der Waals surface area contributed by atoms with Crippen LogP contribution in [0, 0.1) is 12.7 Å². The number of aryl methyl sites for hydroxylation is 1. The SMILES string of the molecule is Cc1nnc(-c2ccc(OC(=O)c3ccc(O)cc3)c(F)c2)s1. The lowest BCUT2D eigenvalue weighted by atomic mass is 10.2. The van der Waals surface area contributed by atoms with Crippen LogP contribution in [0.5, 0.6) is 11.5 Å². The molecule has 7 heteroatoms. The van der Waals surface area contributed by atoms with Crippen molar-refractivity contribution in [3.05, 3.63) is 58.9 Å². The maximum absolute atomic E-state index is 14.1. The van der Waals surface area contributed by atoms with Crippen LogP contribution in [-0.4, -0.2) is 21.3 Å². The van der Waals surface area contributed by atoms with Gasteiger partial charge < -0.3 is 9.84 Å². The van der Waals surface area contributed by atoms with Crippen LogP contribution >= 0.6 is 11.3 Å². The first-order chi connectivity index (χ1) is 11.0. The highest BCUT2D eigenvalue weighted by molar-refractivity contribution is 7.14. The molecule has 0 bridgehead atoms. The molecule has 23 heavy (non-hydrogen) atoms. The van der Waals surface area contributed by atoms with Crippen LogP contribution in [0.25, 0.3) is 10.6 Å². The molecule has 1 N–H and O–H groups in total. The second-order valence-corrected chi connectivity index (χ2v) is 5.89. The molecule has 3 aromatic rings. The molecule has 0 aliphatic heterocycles. The summed E-state index contributed by atoms with van der Waals surface area (Å²) in [5.41, 5.74) is 0.781. The van der Waals surface area contributed by atoms with Crippen molar-refractivity contribution in [3.63, 3.8) is 0 Å². The molecular formula is C16H11FN2O3S. The number of phenolic OH excluding ortho intramolecular Hbond substituents is 1. The first kappa shape index (κ1) is 15.1. The lowest BCUT2D eigenvalue weighted by Crippen LogP contribution is -2.09. The van der Waals surface area contributed by atoms with E-state index in [0.717, 1.165) is 5.01 Å². The quantitative estimate of drug-likeness (QED) is 0.587. The van der Waals surface area contributed by atoms with Gasteiger partial charge in [-0.1, -0.05) is 11.3 Å². The van der Waals surface area contributed by atoms with Gasteiger partial charge in [0.15, 0.2) is 11.6 Å². The molecule has 2 aromatic carbocycles. The molecule has 5 nitrogen and oxygen atoms in total. The first-order valence-corrected chi connectivity index (χ1v) is 7.46. The summed E-state index contributed by atoms with van der Waals surface area (Å²) >= 11 is 1.35. The van der Waals surface area contributed by atoms with Gasteiger partial charge in [-0.15, -0.1) is 10.2 Å². The fourth-order valence-corrected chi connectivity index (χ4v) is 2.57. The van der Waals surface area contributed by atoms with Crippen LogP contribution in [0.15, 0.2) is 42.5 Å². The molecule has 0 saturated heterocycles. The van der Waals surface area contributed by atoms with E-state index in [1.165, 1.54) is 47.7 Å². The molecule has 0 fully saturated rings. The van der Waals surface area contributed by atoms with Gasteiger partial charge in [-0.05, 0) is 49.4 Å². The minimum Gasteiger partial charge on any atom is -0.508 e. The topological polar surface area (TPSA) is 72.3 Å². The van der Waals surface area contributed by atoms with Crippen molar-refractivity contribution in [1.82, 2.24) is 10.2 Å². The summed E-state index contributed by atoms with van der Waals surface area (Å²) < 4.78 is 19.2. The van der Waals surface area contributed by atoms with Crippen molar-refractivity contribution in [2.75, 3.05) is 0 Å². The Labute approximate surface area is 135 Å². The molecule has 0 radical (unpaired) electrons. The maximum Gasteiger partial charge on any atom is 0.343 e. The first-order valence-electron chi connectivity index (χ1n) is 6.64. The predicted molar refractivity (Wildman–Crippen MR) is 83.1 cm³/mol. The number of aromatic hydroxyl groups is 1. The minimum atomic E-state index is -0.705. The van der Waals surface area contributed by atoms with Gasteiger partial charge in [0, 0.05) is 5.56 Å². The van der Waals surface area contributed by atoms with Gasteiger partial charge in [-0.2, -0.15) is 0 Å². The van der Waals surface area contributed by atoms with Crippen molar-refractivity contribution in [1.29, 1.82) is 0 Å². The second-order valence-electron chi connectivity index (χ2n) is 4.71. The number of hydrogen-bond acceptors (Lipinski definition) is 6. The highest BCUT2D eigenvalue weighted by Gasteiger charge is 2.14. The van der Waals surface area contributed by atoms with Crippen LogP contribution in [0.1, 0.15) is 15.4 Å². The molecule has 0 aliphatic rings. The van der Waals surface area contributed by atoms with Gasteiger partial charge in [0.1, 0.15) is 15.8 Å². The Kier molecular flexibility index (Phi) is 4.03. The normalized spacial score (nSPS) is 10.5. The summed E-state index contributed by atoms with van der Waals surface area (Å²) in [6.07, 6.45) is 0. The fourth-order valence-electron chi connectivity index (χ4n) is 1.89. The third-order valence-electron chi connectivity index (χ3n) is 3.01. The van der Waals surface area contributed by atoms with Gasteiger partial charge in [-0.3, -0.25) is 0 Å². The Morgan fingerprint density at radius 3 is 2.52 bits per heavy atom. The van der Waals surface area contributed by atoms with Crippen molar-refractivity contribution in [3.8, 4) is 22.1 Å². The van der Waals surface area contributed by atoms with Crippen molar-refractivity contribution in [2.45, 2.75) is 6.92 Å². The molecule has 1 aromatic heterocycles. The molecule has 0 spiro atoms. The van der Waals surface area contributed by atoms with Gasteiger partial charge >= 0.3 is 5.97 Å². The Morgan fingerprint density at radius 1 is 1.17 bits per heavy atom. The average molecular weight is 330 g/mol. The monoisotopic (exact) mass is 330 g/mol. The Morgan fingerprint density at radius 2 is 1.91 bits per heavy atom. The Bertz CT molecular complexity index is 862. The predicted octanol–water partition coefficient (Wildman–Crippen LogP) is 3.58. The zero-order chi connectivity index (χ0) is 16.4. The van der Waals surface area contributed by atoms with Crippen molar-refractivity contribution < 1.29 is 19.0 Å². The maximum atomic E-state index is 14.1. The number of rotatable bonds is 3. The molecule has 0 saturated carbocycles.